The van der Waals surface area contributed by atoms with Crippen LogP contribution in [0.1, 0.15) is 20.8 Å². The van der Waals surface area contributed by atoms with E-state index >= 15 is 0 Å². The minimum Gasteiger partial charge on any atom is -0.463 e. The third-order valence-electron chi connectivity index (χ3n) is 2.84. The van der Waals surface area contributed by atoms with Crippen molar-refractivity contribution in [2.45, 2.75) is 50.7 Å². The first-order valence-electron chi connectivity index (χ1n) is 6.57. The number of carbonyl (C=O) groups is 3. The maximum absolute atomic E-state index is 11.3. The van der Waals surface area contributed by atoms with Crippen molar-refractivity contribution < 1.29 is 33.3 Å². The molecule has 1 rings (SSSR count). The molecule has 0 spiro atoms. The topological polar surface area (TPSA) is 137 Å². The minimum atomic E-state index is -1.18. The van der Waals surface area contributed by atoms with E-state index in [1.54, 1.807) is 0 Å². The van der Waals surface area contributed by atoms with Crippen molar-refractivity contribution in [3.63, 3.8) is 0 Å². The lowest BCUT2D eigenvalue weighted by Gasteiger charge is -2.41. The highest BCUT2D eigenvalue weighted by Crippen LogP contribution is 2.30. The van der Waals surface area contributed by atoms with Crippen molar-refractivity contribution in [2.24, 2.45) is 5.11 Å². The van der Waals surface area contributed by atoms with Gasteiger partial charge in [-0.1, -0.05) is 16.7 Å². The van der Waals surface area contributed by atoms with E-state index < -0.39 is 47.8 Å². The summed E-state index contributed by atoms with van der Waals surface area (Å²) in [6, 6.07) is -1.12. The van der Waals surface area contributed by atoms with E-state index in [4.69, 9.17) is 36.1 Å². The average Bonchev–Trinajstić information content (AvgIpc) is 2.42. The molecule has 0 aliphatic carbocycles. The molecule has 11 heteroatoms. The van der Waals surface area contributed by atoms with E-state index in [0.29, 0.717) is 0 Å². The van der Waals surface area contributed by atoms with Crippen LogP contribution in [0, 0.1) is 0 Å². The number of halogens is 1. The second kappa shape index (κ2) is 8.56. The fourth-order valence-corrected chi connectivity index (χ4v) is 2.38. The molecule has 5 atom stereocenters. The molecule has 1 aliphatic rings. The summed E-state index contributed by atoms with van der Waals surface area (Å²) in [5.74, 6) is -1.96. The van der Waals surface area contributed by atoms with Gasteiger partial charge in [0.15, 0.2) is 12.2 Å². The third-order valence-corrected chi connectivity index (χ3v) is 3.20. The Morgan fingerprint density at radius 2 is 1.70 bits per heavy atom. The summed E-state index contributed by atoms with van der Waals surface area (Å²) >= 11 is 5.99. The van der Waals surface area contributed by atoms with Crippen molar-refractivity contribution in [3.8, 4) is 0 Å². The van der Waals surface area contributed by atoms with Gasteiger partial charge in [-0.3, -0.25) is 14.4 Å². The first-order chi connectivity index (χ1) is 10.8. The van der Waals surface area contributed by atoms with E-state index in [1.165, 1.54) is 6.92 Å². The molecule has 23 heavy (non-hydrogen) atoms. The van der Waals surface area contributed by atoms with Crippen LogP contribution in [0.4, 0.5) is 0 Å². The van der Waals surface area contributed by atoms with Crippen molar-refractivity contribution in [1.29, 1.82) is 0 Å². The fraction of sp³-hybridized carbons (Fsp3) is 0.750. The average molecular weight is 350 g/mol. The lowest BCUT2D eigenvalue weighted by Crippen LogP contribution is -2.59. The van der Waals surface area contributed by atoms with Crippen LogP contribution >= 0.6 is 11.6 Å². The van der Waals surface area contributed by atoms with Gasteiger partial charge in [-0.05, 0) is 5.53 Å². The molecule has 0 N–H and O–H groups in total. The Morgan fingerprint density at radius 1 is 1.13 bits per heavy atom. The number of alkyl halides is 1. The number of nitrogens with zero attached hydrogens (tertiary/aromatic N) is 3. The summed E-state index contributed by atoms with van der Waals surface area (Å²) < 4.78 is 20.4. The Balaban J connectivity index is 3.11. The maximum Gasteiger partial charge on any atom is 0.303 e. The van der Waals surface area contributed by atoms with Gasteiger partial charge in [0.2, 0.25) is 0 Å². The molecule has 0 amide bonds. The molecule has 1 fully saturated rings. The van der Waals surface area contributed by atoms with Gasteiger partial charge >= 0.3 is 17.9 Å². The molecule has 10 nitrogen and oxygen atoms in total. The van der Waals surface area contributed by atoms with Gasteiger partial charge < -0.3 is 18.9 Å². The summed E-state index contributed by atoms with van der Waals surface area (Å²) in [4.78, 5) is 36.2. The highest BCUT2D eigenvalue weighted by molar-refractivity contribution is 6.20. The van der Waals surface area contributed by atoms with Crippen LogP contribution in [0.15, 0.2) is 5.11 Å². The standard InChI is InChI=1S/C12H16ClN3O7/c1-5(17)20-4-8-10(21-6(2)18)11(22-7(3)19)9(15-16-14)12(13)23-8/h8-12H,4H2,1-3H3/t8-,9-,10+,11-,12-/m1/s1. The summed E-state index contributed by atoms with van der Waals surface area (Å²) in [7, 11) is 0. The number of ether oxygens (including phenoxy) is 4. The molecule has 0 aromatic carbocycles. The minimum absolute atomic E-state index is 0.281. The second-order valence-electron chi connectivity index (χ2n) is 4.67. The largest absolute Gasteiger partial charge is 0.463 e. The Bertz CT molecular complexity index is 523. The van der Waals surface area contributed by atoms with Crippen molar-refractivity contribution in [2.75, 3.05) is 6.61 Å². The van der Waals surface area contributed by atoms with Gasteiger partial charge in [-0.2, -0.15) is 0 Å². The zero-order valence-electron chi connectivity index (χ0n) is 12.7. The van der Waals surface area contributed by atoms with E-state index in [-0.39, 0.29) is 6.61 Å². The molecule has 0 saturated carbocycles. The molecule has 0 unspecified atom stereocenters. The number of rotatable bonds is 5. The van der Waals surface area contributed by atoms with Gasteiger partial charge in [0, 0.05) is 25.7 Å². The normalized spacial score (nSPS) is 29.8. The molecule has 0 aromatic heterocycles. The lowest BCUT2D eigenvalue weighted by atomic mass is 9.98. The van der Waals surface area contributed by atoms with Crippen LogP contribution in [0.5, 0.6) is 0 Å². The van der Waals surface area contributed by atoms with Crippen molar-refractivity contribution >= 4 is 29.5 Å². The Labute approximate surface area is 136 Å². The van der Waals surface area contributed by atoms with Gasteiger partial charge in [-0.15, -0.1) is 0 Å². The Morgan fingerprint density at radius 3 is 2.17 bits per heavy atom. The highest BCUT2D eigenvalue weighted by atomic mass is 35.5. The molecule has 0 bridgehead atoms. The van der Waals surface area contributed by atoms with Gasteiger partial charge in [0.25, 0.3) is 0 Å². The van der Waals surface area contributed by atoms with Crippen LogP contribution < -0.4 is 0 Å². The van der Waals surface area contributed by atoms with E-state index in [2.05, 4.69) is 10.0 Å². The molecular weight excluding hydrogens is 334 g/mol. The smallest absolute Gasteiger partial charge is 0.303 e. The first-order valence-corrected chi connectivity index (χ1v) is 7.01. The molecule has 0 aromatic rings. The first kappa shape index (κ1) is 19.0. The molecular formula is C12H16ClN3O7. The Hall–Kier alpha value is -2.03. The van der Waals surface area contributed by atoms with Gasteiger partial charge in [-0.25, -0.2) is 0 Å². The van der Waals surface area contributed by atoms with Gasteiger partial charge in [0.05, 0.1) is 0 Å². The van der Waals surface area contributed by atoms with Gasteiger partial charge in [0.1, 0.15) is 24.3 Å². The second-order valence-corrected chi connectivity index (χ2v) is 5.10. The maximum atomic E-state index is 11.3. The predicted octanol–water partition coefficient (Wildman–Crippen LogP) is 1.06. The van der Waals surface area contributed by atoms with E-state index in [9.17, 15) is 14.4 Å². The van der Waals surface area contributed by atoms with E-state index in [1.807, 2.05) is 0 Å². The SMILES string of the molecule is CC(=O)OC[C@H]1O[C@@H](Cl)[C@H](N=[N+]=[N-])[C@@H](OC(C)=O)[C@H]1OC(C)=O. The number of esters is 3. The highest BCUT2D eigenvalue weighted by Gasteiger charge is 2.49. The van der Waals surface area contributed by atoms with Crippen LogP contribution in [-0.2, 0) is 33.3 Å². The van der Waals surface area contributed by atoms with Crippen LogP contribution in [0.2, 0.25) is 0 Å². The third kappa shape index (κ3) is 5.59. The molecule has 1 saturated heterocycles. The van der Waals surface area contributed by atoms with E-state index in [0.717, 1.165) is 13.8 Å². The number of azide groups is 1. The molecule has 1 aliphatic heterocycles. The number of hydrogen-bond donors (Lipinski definition) is 0. The quantitative estimate of drug-likeness (QED) is 0.180. The monoisotopic (exact) mass is 349 g/mol. The lowest BCUT2D eigenvalue weighted by molar-refractivity contribution is -0.209. The molecule has 0 radical (unpaired) electrons. The number of hydrogen-bond acceptors (Lipinski definition) is 8. The zero-order valence-corrected chi connectivity index (χ0v) is 13.4. The summed E-state index contributed by atoms with van der Waals surface area (Å²) in [6.07, 6.45) is -3.31. The van der Waals surface area contributed by atoms with Crippen molar-refractivity contribution in [1.82, 2.24) is 0 Å². The fourth-order valence-electron chi connectivity index (χ4n) is 2.05. The summed E-state index contributed by atoms with van der Waals surface area (Å²) in [5, 5.41) is 3.43. The summed E-state index contributed by atoms with van der Waals surface area (Å²) in [6.45, 7) is 3.19. The Kier molecular flexibility index (Phi) is 7.08. The molecule has 128 valence electrons. The van der Waals surface area contributed by atoms with Crippen LogP contribution in [-0.4, -0.2) is 54.4 Å². The van der Waals surface area contributed by atoms with Crippen LogP contribution in [0.25, 0.3) is 10.4 Å². The van der Waals surface area contributed by atoms with Crippen LogP contribution in [0.3, 0.4) is 0 Å². The van der Waals surface area contributed by atoms with Crippen molar-refractivity contribution in [3.05, 3.63) is 10.4 Å². The molecule has 1 heterocycles. The summed E-state index contributed by atoms with van der Waals surface area (Å²) in [5.41, 5.74) is 7.46. The number of carbonyl (C=O) groups excluding carboxylic acids is 3. The zero-order chi connectivity index (χ0) is 17.6. The predicted molar refractivity (Wildman–Crippen MR) is 75.2 cm³/mol.